The van der Waals surface area contributed by atoms with Crippen LogP contribution in [-0.4, -0.2) is 23.5 Å². The van der Waals surface area contributed by atoms with Gasteiger partial charge in [-0.25, -0.2) is 0 Å². The highest BCUT2D eigenvalue weighted by Crippen LogP contribution is 2.40. The van der Waals surface area contributed by atoms with Crippen LogP contribution in [0.15, 0.2) is 24.3 Å². The van der Waals surface area contributed by atoms with E-state index in [-0.39, 0.29) is 35.3 Å². The summed E-state index contributed by atoms with van der Waals surface area (Å²) in [5.41, 5.74) is 0.367. The Bertz CT molecular complexity index is 590. The Morgan fingerprint density at radius 3 is 2.35 bits per heavy atom. The first-order valence-corrected chi connectivity index (χ1v) is 8.06. The van der Waals surface area contributed by atoms with Crippen molar-refractivity contribution < 1.29 is 14.3 Å². The number of hydrogen-bond acceptors (Lipinski definition) is 3. The summed E-state index contributed by atoms with van der Waals surface area (Å²) in [6.45, 7) is 9.67. The quantitative estimate of drug-likeness (QED) is 0.877. The fourth-order valence-electron chi connectivity index (χ4n) is 2.39. The summed E-state index contributed by atoms with van der Waals surface area (Å²) < 4.78 is 5.69. The van der Waals surface area contributed by atoms with Crippen molar-refractivity contribution in [3.8, 4) is 5.75 Å². The molecular weight excluding hydrogens is 292 g/mol. The zero-order valence-corrected chi connectivity index (χ0v) is 14.5. The second kappa shape index (κ2) is 6.60. The SMILES string of the molecule is CC(C)Oc1ccccc1NC(=O)C1CC1C(=O)NC(C)(C)C. The van der Waals surface area contributed by atoms with Crippen LogP contribution in [-0.2, 0) is 9.59 Å². The van der Waals surface area contributed by atoms with Crippen molar-refractivity contribution in [2.24, 2.45) is 11.8 Å². The van der Waals surface area contributed by atoms with Gasteiger partial charge in [0.25, 0.3) is 0 Å². The van der Waals surface area contributed by atoms with Crippen LogP contribution in [0.3, 0.4) is 0 Å². The number of hydrogen-bond donors (Lipinski definition) is 2. The Labute approximate surface area is 137 Å². The lowest BCUT2D eigenvalue weighted by Crippen LogP contribution is -2.42. The summed E-state index contributed by atoms with van der Waals surface area (Å²) >= 11 is 0. The number of ether oxygens (including phenoxy) is 1. The summed E-state index contributed by atoms with van der Waals surface area (Å²) in [6, 6.07) is 7.35. The first-order valence-electron chi connectivity index (χ1n) is 8.06. The van der Waals surface area contributed by atoms with Crippen LogP contribution < -0.4 is 15.4 Å². The number of rotatable bonds is 5. The van der Waals surface area contributed by atoms with E-state index in [1.165, 1.54) is 0 Å². The van der Waals surface area contributed by atoms with Gasteiger partial charge in [-0.15, -0.1) is 0 Å². The van der Waals surface area contributed by atoms with Crippen molar-refractivity contribution in [1.29, 1.82) is 0 Å². The highest BCUT2D eigenvalue weighted by Gasteiger charge is 2.48. The molecular formula is C18H26N2O3. The lowest BCUT2D eigenvalue weighted by molar-refractivity contribution is -0.126. The number of para-hydroxylation sites is 2. The molecule has 1 fully saturated rings. The van der Waals surface area contributed by atoms with Crippen LogP contribution in [0.2, 0.25) is 0 Å². The molecule has 0 aliphatic heterocycles. The number of amides is 2. The number of carbonyl (C=O) groups is 2. The second-order valence-corrected chi connectivity index (χ2v) is 7.34. The van der Waals surface area contributed by atoms with E-state index in [1.807, 2.05) is 58.9 Å². The minimum absolute atomic E-state index is 0.0271. The van der Waals surface area contributed by atoms with Gasteiger partial charge >= 0.3 is 0 Å². The van der Waals surface area contributed by atoms with Gasteiger partial charge in [-0.2, -0.15) is 0 Å². The highest BCUT2D eigenvalue weighted by atomic mass is 16.5. The van der Waals surface area contributed by atoms with Crippen molar-refractivity contribution in [1.82, 2.24) is 5.32 Å². The first kappa shape index (κ1) is 17.3. The Balaban J connectivity index is 1.95. The third-order valence-electron chi connectivity index (χ3n) is 3.47. The smallest absolute Gasteiger partial charge is 0.228 e. The molecule has 5 nitrogen and oxygen atoms in total. The van der Waals surface area contributed by atoms with Gasteiger partial charge in [-0.3, -0.25) is 9.59 Å². The summed E-state index contributed by atoms with van der Waals surface area (Å²) in [6.07, 6.45) is 0.625. The molecule has 2 atom stereocenters. The number of anilines is 1. The second-order valence-electron chi connectivity index (χ2n) is 7.34. The van der Waals surface area contributed by atoms with Crippen molar-refractivity contribution in [3.05, 3.63) is 24.3 Å². The zero-order valence-electron chi connectivity index (χ0n) is 14.5. The number of carbonyl (C=O) groups excluding carboxylic acids is 2. The van der Waals surface area contributed by atoms with Gasteiger partial charge in [0.05, 0.1) is 23.6 Å². The van der Waals surface area contributed by atoms with Gasteiger partial charge in [0, 0.05) is 5.54 Å². The van der Waals surface area contributed by atoms with E-state index < -0.39 is 0 Å². The molecule has 23 heavy (non-hydrogen) atoms. The maximum atomic E-state index is 12.3. The molecule has 0 heterocycles. The normalized spacial score (nSPS) is 20.1. The first-order chi connectivity index (χ1) is 10.7. The lowest BCUT2D eigenvalue weighted by Gasteiger charge is -2.20. The monoisotopic (exact) mass is 318 g/mol. The molecule has 1 aliphatic carbocycles. The standard InChI is InChI=1S/C18H26N2O3/c1-11(2)23-15-9-7-6-8-14(15)19-16(21)12-10-13(12)17(22)20-18(3,4)5/h6-9,11-13H,10H2,1-5H3,(H,19,21)(H,20,22). The van der Waals surface area contributed by atoms with Crippen molar-refractivity contribution in [2.75, 3.05) is 5.32 Å². The maximum Gasteiger partial charge on any atom is 0.228 e. The Hall–Kier alpha value is -2.04. The summed E-state index contributed by atoms with van der Waals surface area (Å²) in [7, 11) is 0. The molecule has 1 aliphatic rings. The summed E-state index contributed by atoms with van der Waals surface area (Å²) in [4.78, 5) is 24.4. The molecule has 126 valence electrons. The molecule has 0 spiro atoms. The predicted molar refractivity (Wildman–Crippen MR) is 90.3 cm³/mol. The number of benzene rings is 1. The van der Waals surface area contributed by atoms with Crippen LogP contribution in [0.5, 0.6) is 5.75 Å². The molecule has 0 radical (unpaired) electrons. The van der Waals surface area contributed by atoms with Gasteiger partial charge in [0.1, 0.15) is 5.75 Å². The molecule has 2 rings (SSSR count). The lowest BCUT2D eigenvalue weighted by atomic mass is 10.1. The van der Waals surface area contributed by atoms with E-state index in [4.69, 9.17) is 4.74 Å². The van der Waals surface area contributed by atoms with E-state index >= 15 is 0 Å². The van der Waals surface area contributed by atoms with Crippen LogP contribution in [0.4, 0.5) is 5.69 Å². The van der Waals surface area contributed by atoms with Gasteiger partial charge in [-0.1, -0.05) is 12.1 Å². The Morgan fingerprint density at radius 1 is 1.13 bits per heavy atom. The van der Waals surface area contributed by atoms with E-state index in [1.54, 1.807) is 0 Å². The average molecular weight is 318 g/mol. The molecule has 1 saturated carbocycles. The van der Waals surface area contributed by atoms with Crippen molar-refractivity contribution in [3.63, 3.8) is 0 Å². The number of nitrogens with one attached hydrogen (secondary N) is 2. The van der Waals surface area contributed by atoms with Crippen LogP contribution in [0.1, 0.15) is 41.0 Å². The summed E-state index contributed by atoms with van der Waals surface area (Å²) in [5, 5.41) is 5.81. The highest BCUT2D eigenvalue weighted by molar-refractivity contribution is 6.00. The minimum Gasteiger partial charge on any atom is -0.489 e. The third kappa shape index (κ3) is 4.98. The molecule has 1 aromatic carbocycles. The van der Waals surface area contributed by atoms with E-state index in [0.29, 0.717) is 17.9 Å². The van der Waals surface area contributed by atoms with Crippen LogP contribution in [0.25, 0.3) is 0 Å². The topological polar surface area (TPSA) is 67.4 Å². The van der Waals surface area contributed by atoms with Crippen molar-refractivity contribution >= 4 is 17.5 Å². The molecule has 1 aromatic rings. The largest absolute Gasteiger partial charge is 0.489 e. The molecule has 0 bridgehead atoms. The molecule has 5 heteroatoms. The zero-order chi connectivity index (χ0) is 17.2. The predicted octanol–water partition coefficient (Wildman–Crippen LogP) is 2.96. The van der Waals surface area contributed by atoms with Gasteiger partial charge in [0.15, 0.2) is 0 Å². The van der Waals surface area contributed by atoms with Crippen LogP contribution >= 0.6 is 0 Å². The fraction of sp³-hybridized carbons (Fsp3) is 0.556. The van der Waals surface area contributed by atoms with E-state index in [2.05, 4.69) is 10.6 Å². The van der Waals surface area contributed by atoms with Crippen LogP contribution in [0, 0.1) is 11.8 Å². The van der Waals surface area contributed by atoms with Gasteiger partial charge < -0.3 is 15.4 Å². The molecule has 2 unspecified atom stereocenters. The van der Waals surface area contributed by atoms with Gasteiger partial charge in [-0.05, 0) is 53.2 Å². The van der Waals surface area contributed by atoms with E-state index in [0.717, 1.165) is 0 Å². The summed E-state index contributed by atoms with van der Waals surface area (Å²) in [5.74, 6) is -0.0210. The van der Waals surface area contributed by atoms with Crippen molar-refractivity contribution in [2.45, 2.75) is 52.7 Å². The third-order valence-corrected chi connectivity index (χ3v) is 3.47. The average Bonchev–Trinajstić information content (AvgIpc) is 3.18. The molecule has 0 aromatic heterocycles. The molecule has 2 N–H and O–H groups in total. The Morgan fingerprint density at radius 2 is 1.74 bits per heavy atom. The fourth-order valence-corrected chi connectivity index (χ4v) is 2.39. The minimum atomic E-state index is -0.279. The van der Waals surface area contributed by atoms with Gasteiger partial charge in [0.2, 0.25) is 11.8 Å². The maximum absolute atomic E-state index is 12.3. The molecule has 2 amide bonds. The Kier molecular flexibility index (Phi) is 4.97. The molecule has 0 saturated heterocycles. The van der Waals surface area contributed by atoms with E-state index in [9.17, 15) is 9.59 Å².